The summed E-state index contributed by atoms with van der Waals surface area (Å²) in [6.45, 7) is 5.10. The molecule has 62 valence electrons. The first-order chi connectivity index (χ1) is 5.74. The van der Waals surface area contributed by atoms with Crippen LogP contribution in [-0.4, -0.2) is 15.9 Å². The van der Waals surface area contributed by atoms with Gasteiger partial charge >= 0.3 is 0 Å². The van der Waals surface area contributed by atoms with Crippen molar-refractivity contribution < 1.29 is 4.79 Å². The predicted octanol–water partition coefficient (Wildman–Crippen LogP) is 0.910. The van der Waals surface area contributed by atoms with Gasteiger partial charge in [0.15, 0.2) is 5.82 Å². The Morgan fingerprint density at radius 2 is 2.25 bits per heavy atom. The summed E-state index contributed by atoms with van der Waals surface area (Å²) in [5, 5.41) is 2.53. The van der Waals surface area contributed by atoms with Crippen molar-refractivity contribution >= 4 is 11.7 Å². The van der Waals surface area contributed by atoms with E-state index in [2.05, 4.69) is 21.9 Å². The van der Waals surface area contributed by atoms with Gasteiger partial charge in [0.2, 0.25) is 5.91 Å². The van der Waals surface area contributed by atoms with E-state index in [0.29, 0.717) is 11.5 Å². The van der Waals surface area contributed by atoms with Gasteiger partial charge in [0, 0.05) is 12.4 Å². The summed E-state index contributed by atoms with van der Waals surface area (Å²) in [7, 11) is 0. The number of aromatic nitrogens is 2. The van der Waals surface area contributed by atoms with Crippen LogP contribution < -0.4 is 5.32 Å². The lowest BCUT2D eigenvalue weighted by atomic mass is 10.4. The van der Waals surface area contributed by atoms with Crippen molar-refractivity contribution in [3.8, 4) is 0 Å². The first kappa shape index (κ1) is 8.39. The molecule has 0 aliphatic carbocycles. The highest BCUT2D eigenvalue weighted by Crippen LogP contribution is 2.04. The van der Waals surface area contributed by atoms with Crippen molar-refractivity contribution in [2.45, 2.75) is 6.92 Å². The van der Waals surface area contributed by atoms with Crippen LogP contribution in [0.2, 0.25) is 0 Å². The average Bonchev–Trinajstić information content (AvgIpc) is 2.09. The minimum absolute atomic E-state index is 0.279. The number of anilines is 1. The van der Waals surface area contributed by atoms with E-state index in [1.807, 2.05) is 0 Å². The zero-order valence-electron chi connectivity index (χ0n) is 6.74. The second-order valence-electron chi connectivity index (χ2n) is 2.18. The topological polar surface area (TPSA) is 54.9 Å². The summed E-state index contributed by atoms with van der Waals surface area (Å²) >= 11 is 0. The molecule has 4 heteroatoms. The van der Waals surface area contributed by atoms with Crippen LogP contribution in [0.4, 0.5) is 5.82 Å². The minimum Gasteiger partial charge on any atom is -0.306 e. The minimum atomic E-state index is -0.279. The molecule has 0 unspecified atom stereocenters. The Kier molecular flexibility index (Phi) is 2.53. The molecule has 0 aliphatic rings. The quantitative estimate of drug-likeness (QED) is 0.659. The molecule has 0 aromatic carbocycles. The van der Waals surface area contributed by atoms with Crippen molar-refractivity contribution in [3.63, 3.8) is 0 Å². The van der Waals surface area contributed by atoms with Crippen LogP contribution in [0.25, 0.3) is 0 Å². The standard InChI is InChI=1S/C8H9N3O/c1-3-7(12)11-8-6(2)9-4-5-10-8/h3-5H,1H2,2H3,(H,10,11,12). The lowest BCUT2D eigenvalue weighted by Gasteiger charge is -2.01. The van der Waals surface area contributed by atoms with E-state index in [-0.39, 0.29) is 5.91 Å². The van der Waals surface area contributed by atoms with Crippen LogP contribution in [0, 0.1) is 6.92 Å². The molecule has 1 aromatic rings. The van der Waals surface area contributed by atoms with Crippen molar-refractivity contribution in [2.24, 2.45) is 0 Å². The van der Waals surface area contributed by atoms with E-state index in [4.69, 9.17) is 0 Å². The van der Waals surface area contributed by atoms with Crippen molar-refractivity contribution in [3.05, 3.63) is 30.7 Å². The highest BCUT2D eigenvalue weighted by atomic mass is 16.1. The lowest BCUT2D eigenvalue weighted by Crippen LogP contribution is -2.10. The zero-order valence-corrected chi connectivity index (χ0v) is 6.74. The number of hydrogen-bond donors (Lipinski definition) is 1. The van der Waals surface area contributed by atoms with E-state index >= 15 is 0 Å². The first-order valence-electron chi connectivity index (χ1n) is 3.45. The molecular weight excluding hydrogens is 154 g/mol. The Morgan fingerprint density at radius 1 is 1.58 bits per heavy atom. The summed E-state index contributed by atoms with van der Waals surface area (Å²) in [6, 6.07) is 0. The van der Waals surface area contributed by atoms with Gasteiger partial charge in [0.25, 0.3) is 0 Å². The van der Waals surface area contributed by atoms with Gasteiger partial charge < -0.3 is 5.32 Å². The SMILES string of the molecule is C=CC(=O)Nc1nccnc1C. The molecule has 1 N–H and O–H groups in total. The van der Waals surface area contributed by atoms with Gasteiger partial charge in [0.1, 0.15) is 0 Å². The molecule has 12 heavy (non-hydrogen) atoms. The monoisotopic (exact) mass is 163 g/mol. The van der Waals surface area contributed by atoms with Crippen molar-refractivity contribution in [1.82, 2.24) is 9.97 Å². The summed E-state index contributed by atoms with van der Waals surface area (Å²) in [5.41, 5.74) is 0.688. The van der Waals surface area contributed by atoms with Crippen LogP contribution in [0.5, 0.6) is 0 Å². The van der Waals surface area contributed by atoms with Gasteiger partial charge in [-0.25, -0.2) is 4.98 Å². The fraction of sp³-hybridized carbons (Fsp3) is 0.125. The van der Waals surface area contributed by atoms with Crippen LogP contribution in [0.15, 0.2) is 25.0 Å². The second-order valence-corrected chi connectivity index (χ2v) is 2.18. The van der Waals surface area contributed by atoms with Gasteiger partial charge in [-0.3, -0.25) is 9.78 Å². The fourth-order valence-corrected chi connectivity index (χ4v) is 0.698. The van der Waals surface area contributed by atoms with E-state index < -0.39 is 0 Å². The zero-order chi connectivity index (χ0) is 8.97. The van der Waals surface area contributed by atoms with Gasteiger partial charge in [0.05, 0.1) is 5.69 Å². The molecule has 0 bridgehead atoms. The molecular formula is C8H9N3O. The van der Waals surface area contributed by atoms with Gasteiger partial charge in [-0.1, -0.05) is 6.58 Å². The van der Waals surface area contributed by atoms with Gasteiger partial charge in [-0.05, 0) is 13.0 Å². The molecule has 0 fully saturated rings. The molecule has 0 spiro atoms. The maximum absolute atomic E-state index is 10.8. The van der Waals surface area contributed by atoms with Crippen molar-refractivity contribution in [2.75, 3.05) is 5.32 Å². The number of nitrogens with zero attached hydrogens (tertiary/aromatic N) is 2. The van der Waals surface area contributed by atoms with Gasteiger partial charge in [-0.2, -0.15) is 0 Å². The Bertz CT molecular complexity index is 309. The lowest BCUT2D eigenvalue weighted by molar-refractivity contribution is -0.111. The summed E-state index contributed by atoms with van der Waals surface area (Å²) < 4.78 is 0. The molecule has 0 radical (unpaired) electrons. The Balaban J connectivity index is 2.82. The molecule has 0 atom stereocenters. The predicted molar refractivity (Wildman–Crippen MR) is 45.6 cm³/mol. The molecule has 4 nitrogen and oxygen atoms in total. The van der Waals surface area contributed by atoms with E-state index in [0.717, 1.165) is 0 Å². The molecule has 1 rings (SSSR count). The maximum atomic E-state index is 10.8. The van der Waals surface area contributed by atoms with Crippen LogP contribution in [-0.2, 0) is 4.79 Å². The Labute approximate surface area is 70.4 Å². The third kappa shape index (κ3) is 1.88. The largest absolute Gasteiger partial charge is 0.306 e. The normalized spacial score (nSPS) is 9.08. The smallest absolute Gasteiger partial charge is 0.248 e. The highest BCUT2D eigenvalue weighted by molar-refractivity contribution is 5.98. The van der Waals surface area contributed by atoms with Crippen LogP contribution in [0.1, 0.15) is 5.69 Å². The number of nitrogens with one attached hydrogen (secondary N) is 1. The number of carbonyl (C=O) groups is 1. The molecule has 1 amide bonds. The van der Waals surface area contributed by atoms with Crippen LogP contribution in [0.3, 0.4) is 0 Å². The molecule has 0 aliphatic heterocycles. The number of aryl methyl sites for hydroxylation is 1. The Hall–Kier alpha value is -1.71. The Morgan fingerprint density at radius 3 is 2.83 bits per heavy atom. The first-order valence-corrected chi connectivity index (χ1v) is 3.45. The average molecular weight is 163 g/mol. The fourth-order valence-electron chi connectivity index (χ4n) is 0.698. The third-order valence-electron chi connectivity index (χ3n) is 1.31. The van der Waals surface area contributed by atoms with Gasteiger partial charge in [-0.15, -0.1) is 0 Å². The molecule has 1 aromatic heterocycles. The second kappa shape index (κ2) is 3.61. The summed E-state index contributed by atoms with van der Waals surface area (Å²) in [6.07, 6.45) is 4.28. The number of rotatable bonds is 2. The third-order valence-corrected chi connectivity index (χ3v) is 1.31. The number of carbonyl (C=O) groups excluding carboxylic acids is 1. The maximum Gasteiger partial charge on any atom is 0.248 e. The van der Waals surface area contributed by atoms with Crippen molar-refractivity contribution in [1.29, 1.82) is 0 Å². The van der Waals surface area contributed by atoms with E-state index in [1.165, 1.54) is 12.3 Å². The highest BCUT2D eigenvalue weighted by Gasteiger charge is 2.01. The van der Waals surface area contributed by atoms with Crippen LogP contribution >= 0.6 is 0 Å². The number of hydrogen-bond acceptors (Lipinski definition) is 3. The van der Waals surface area contributed by atoms with E-state index in [1.54, 1.807) is 13.1 Å². The summed E-state index contributed by atoms with van der Waals surface area (Å²) in [4.78, 5) is 18.7. The molecule has 0 saturated carbocycles. The molecule has 0 saturated heterocycles. The molecule has 1 heterocycles. The number of amides is 1. The summed E-state index contributed by atoms with van der Waals surface area (Å²) in [5.74, 6) is 0.195. The van der Waals surface area contributed by atoms with E-state index in [9.17, 15) is 4.79 Å².